The largest absolute Gasteiger partial charge is 0.369 e. The summed E-state index contributed by atoms with van der Waals surface area (Å²) in [6, 6.07) is 14.8. The average Bonchev–Trinajstić information content (AvgIpc) is 2.98. The number of nitrogens with zero attached hydrogens (tertiary/aromatic N) is 5. The van der Waals surface area contributed by atoms with Crippen LogP contribution < -0.4 is 26.2 Å². The molecule has 11 nitrogen and oxygen atoms in total. The number of piperazine rings is 1. The van der Waals surface area contributed by atoms with Gasteiger partial charge >= 0.3 is 0 Å². The summed E-state index contributed by atoms with van der Waals surface area (Å²) in [5.41, 5.74) is 3.58. The zero-order valence-corrected chi connectivity index (χ0v) is 23.6. The molecule has 2 amide bonds. The second-order valence-corrected chi connectivity index (χ2v) is 9.87. The Balaban J connectivity index is 1.55. The van der Waals surface area contributed by atoms with Crippen LogP contribution in [0, 0.1) is 11.3 Å². The molecular weight excluding hydrogens is 518 g/mol. The predicted octanol–water partition coefficient (Wildman–Crippen LogP) is 4.24. The van der Waals surface area contributed by atoms with Crippen LogP contribution in [0.1, 0.15) is 36.7 Å². The highest BCUT2D eigenvalue weighted by molar-refractivity contribution is 6.02. The van der Waals surface area contributed by atoms with E-state index in [9.17, 15) is 14.9 Å². The standard InChI is InChI=1S/C30H35N9O2/c1-5-27(40)35-26-17-24(39-15-13-38(6-2)14-16-39)11-12-25(26)36-30-32-19-22(18-31)28(37-30)34-23-9-7-21(8-10-23)29(41)33-20(3)4/h5,7-12,17,19-20H,1,6,13-16H2,2-4H3,(H,33,41)(H,35,40)(H2,32,34,36,37). The quantitative estimate of drug-likeness (QED) is 0.272. The Kier molecular flexibility index (Phi) is 9.50. The molecule has 11 heteroatoms. The number of benzene rings is 2. The third kappa shape index (κ3) is 7.58. The lowest BCUT2D eigenvalue weighted by Crippen LogP contribution is -2.46. The molecule has 1 saturated heterocycles. The highest BCUT2D eigenvalue weighted by Crippen LogP contribution is 2.31. The van der Waals surface area contributed by atoms with Gasteiger partial charge in [0.05, 0.1) is 17.6 Å². The number of carbonyl (C=O) groups excluding carboxylic acids is 2. The lowest BCUT2D eigenvalue weighted by Gasteiger charge is -2.35. The zero-order chi connectivity index (χ0) is 29.4. The number of likely N-dealkylation sites (N-methyl/N-ethyl adjacent to an activating group) is 1. The van der Waals surface area contributed by atoms with Crippen LogP contribution in [0.15, 0.2) is 61.3 Å². The Morgan fingerprint density at radius 2 is 1.80 bits per heavy atom. The summed E-state index contributed by atoms with van der Waals surface area (Å²) < 4.78 is 0. The molecule has 0 unspecified atom stereocenters. The summed E-state index contributed by atoms with van der Waals surface area (Å²) >= 11 is 0. The van der Waals surface area contributed by atoms with Crippen molar-refractivity contribution in [1.82, 2.24) is 20.2 Å². The van der Waals surface area contributed by atoms with Gasteiger partial charge in [0.25, 0.3) is 5.91 Å². The van der Waals surface area contributed by atoms with E-state index in [0.29, 0.717) is 28.4 Å². The van der Waals surface area contributed by atoms with E-state index in [1.54, 1.807) is 24.3 Å². The molecule has 0 atom stereocenters. The normalized spacial score (nSPS) is 13.3. The molecule has 3 aromatic rings. The van der Waals surface area contributed by atoms with E-state index in [1.165, 1.54) is 12.3 Å². The summed E-state index contributed by atoms with van der Waals surface area (Å²) in [5.74, 6) is 0.0327. The Morgan fingerprint density at radius 3 is 2.44 bits per heavy atom. The van der Waals surface area contributed by atoms with Gasteiger partial charge in [-0.2, -0.15) is 10.2 Å². The highest BCUT2D eigenvalue weighted by atomic mass is 16.2. The molecule has 212 valence electrons. The van der Waals surface area contributed by atoms with Crippen LogP contribution >= 0.6 is 0 Å². The minimum Gasteiger partial charge on any atom is -0.369 e. The molecule has 2 heterocycles. The van der Waals surface area contributed by atoms with E-state index in [2.05, 4.69) is 60.6 Å². The number of hydrogen-bond acceptors (Lipinski definition) is 9. The van der Waals surface area contributed by atoms with Gasteiger partial charge in [-0.1, -0.05) is 13.5 Å². The van der Waals surface area contributed by atoms with Crippen molar-refractivity contribution >= 4 is 46.3 Å². The molecule has 4 rings (SSSR count). The summed E-state index contributed by atoms with van der Waals surface area (Å²) in [6.07, 6.45) is 2.64. The Hall–Kier alpha value is -4.95. The number of nitrogens with one attached hydrogen (secondary N) is 4. The van der Waals surface area contributed by atoms with Gasteiger partial charge in [0.1, 0.15) is 11.6 Å². The number of carbonyl (C=O) groups is 2. The number of hydrogen-bond donors (Lipinski definition) is 4. The molecule has 1 aliphatic heterocycles. The number of nitriles is 1. The van der Waals surface area contributed by atoms with E-state index in [-0.39, 0.29) is 29.4 Å². The molecule has 1 fully saturated rings. The summed E-state index contributed by atoms with van der Waals surface area (Å²) in [5, 5.41) is 21.7. The van der Waals surface area contributed by atoms with Gasteiger partial charge < -0.3 is 31.1 Å². The molecule has 0 aliphatic carbocycles. The smallest absolute Gasteiger partial charge is 0.251 e. The third-order valence-electron chi connectivity index (χ3n) is 6.62. The highest BCUT2D eigenvalue weighted by Gasteiger charge is 2.18. The molecule has 1 aliphatic rings. The maximum absolute atomic E-state index is 12.3. The second kappa shape index (κ2) is 13.4. The van der Waals surface area contributed by atoms with Crippen LogP contribution in [-0.2, 0) is 4.79 Å². The van der Waals surface area contributed by atoms with Gasteiger partial charge in [-0.15, -0.1) is 0 Å². The van der Waals surface area contributed by atoms with Crippen LogP contribution in [-0.4, -0.2) is 65.4 Å². The van der Waals surface area contributed by atoms with Gasteiger partial charge in [0, 0.05) is 49.2 Å². The van der Waals surface area contributed by atoms with Crippen molar-refractivity contribution in [3.05, 3.63) is 72.4 Å². The van der Waals surface area contributed by atoms with Gasteiger partial charge in [-0.3, -0.25) is 9.59 Å². The van der Waals surface area contributed by atoms with Crippen molar-refractivity contribution in [2.45, 2.75) is 26.8 Å². The van der Waals surface area contributed by atoms with Gasteiger partial charge in [0.15, 0.2) is 5.82 Å². The van der Waals surface area contributed by atoms with Crippen LogP contribution in [0.25, 0.3) is 0 Å². The zero-order valence-electron chi connectivity index (χ0n) is 23.6. The van der Waals surface area contributed by atoms with E-state index < -0.39 is 0 Å². The first-order chi connectivity index (χ1) is 19.8. The molecule has 0 spiro atoms. The van der Waals surface area contributed by atoms with Crippen LogP contribution in [0.5, 0.6) is 0 Å². The Morgan fingerprint density at radius 1 is 1.07 bits per heavy atom. The molecule has 4 N–H and O–H groups in total. The molecule has 41 heavy (non-hydrogen) atoms. The Labute approximate surface area is 240 Å². The predicted molar refractivity (Wildman–Crippen MR) is 162 cm³/mol. The van der Waals surface area contributed by atoms with E-state index in [0.717, 1.165) is 38.4 Å². The Bertz CT molecular complexity index is 1440. The molecular formula is C30H35N9O2. The van der Waals surface area contributed by atoms with Gasteiger partial charge in [0.2, 0.25) is 11.9 Å². The topological polar surface area (TPSA) is 138 Å². The van der Waals surface area contributed by atoms with Gasteiger partial charge in [-0.05, 0) is 68.9 Å². The fourth-order valence-electron chi connectivity index (χ4n) is 4.37. The van der Waals surface area contributed by atoms with Crippen molar-refractivity contribution in [3.63, 3.8) is 0 Å². The van der Waals surface area contributed by atoms with E-state index >= 15 is 0 Å². The van der Waals surface area contributed by atoms with Crippen molar-refractivity contribution in [3.8, 4) is 6.07 Å². The second-order valence-electron chi connectivity index (χ2n) is 9.87. The van der Waals surface area contributed by atoms with Gasteiger partial charge in [-0.25, -0.2) is 4.98 Å². The van der Waals surface area contributed by atoms with Crippen molar-refractivity contribution in [1.29, 1.82) is 5.26 Å². The summed E-state index contributed by atoms with van der Waals surface area (Å²) in [4.78, 5) is 38.0. The lowest BCUT2D eigenvalue weighted by atomic mass is 10.2. The van der Waals surface area contributed by atoms with E-state index in [1.807, 2.05) is 32.0 Å². The van der Waals surface area contributed by atoms with E-state index in [4.69, 9.17) is 0 Å². The maximum Gasteiger partial charge on any atom is 0.251 e. The SMILES string of the molecule is C=CC(=O)Nc1cc(N2CCN(CC)CC2)ccc1Nc1ncc(C#N)c(Nc2ccc(C(=O)NC(C)C)cc2)n1. The minimum atomic E-state index is -0.338. The number of aromatic nitrogens is 2. The van der Waals surface area contributed by atoms with Crippen LogP contribution in [0.2, 0.25) is 0 Å². The van der Waals surface area contributed by atoms with Crippen LogP contribution in [0.4, 0.5) is 34.5 Å². The molecule has 1 aromatic heterocycles. The lowest BCUT2D eigenvalue weighted by molar-refractivity contribution is -0.111. The number of rotatable bonds is 10. The minimum absolute atomic E-state index is 0.0313. The summed E-state index contributed by atoms with van der Waals surface area (Å²) in [7, 11) is 0. The first kappa shape index (κ1) is 29.0. The molecule has 0 bridgehead atoms. The number of anilines is 6. The number of amides is 2. The maximum atomic E-state index is 12.3. The molecule has 0 saturated carbocycles. The fraction of sp³-hybridized carbons (Fsp3) is 0.300. The fourth-order valence-corrected chi connectivity index (χ4v) is 4.37. The first-order valence-corrected chi connectivity index (χ1v) is 13.6. The van der Waals surface area contributed by atoms with Crippen molar-refractivity contribution in [2.75, 3.05) is 53.6 Å². The van der Waals surface area contributed by atoms with Crippen LogP contribution in [0.3, 0.4) is 0 Å². The average molecular weight is 554 g/mol. The molecule has 0 radical (unpaired) electrons. The van der Waals surface area contributed by atoms with Crippen molar-refractivity contribution in [2.24, 2.45) is 0 Å². The summed E-state index contributed by atoms with van der Waals surface area (Å²) in [6.45, 7) is 14.3. The van der Waals surface area contributed by atoms with Crippen molar-refractivity contribution < 1.29 is 9.59 Å². The monoisotopic (exact) mass is 553 g/mol. The third-order valence-corrected chi connectivity index (χ3v) is 6.62. The molecule has 2 aromatic carbocycles. The first-order valence-electron chi connectivity index (χ1n) is 13.6.